The molecule has 0 saturated heterocycles. The normalized spacial score (nSPS) is 11.3. The summed E-state index contributed by atoms with van der Waals surface area (Å²) in [5.41, 5.74) is -2.76. The molecule has 10 heteroatoms. The third-order valence-electron chi connectivity index (χ3n) is 4.03. The van der Waals surface area contributed by atoms with Crippen LogP contribution in [0.25, 0.3) is 11.3 Å². The number of aromatic nitrogens is 3. The van der Waals surface area contributed by atoms with Crippen LogP contribution in [0.15, 0.2) is 53.6 Å². The van der Waals surface area contributed by atoms with Crippen LogP contribution < -0.4 is 15.6 Å². The molecule has 152 valence electrons. The number of aryl methyl sites for hydroxylation is 2. The summed E-state index contributed by atoms with van der Waals surface area (Å²) in [6.45, 7) is 2.57. The Kier molecular flexibility index (Phi) is 5.69. The van der Waals surface area contributed by atoms with Crippen LogP contribution >= 0.6 is 11.6 Å². The van der Waals surface area contributed by atoms with E-state index in [1.807, 2.05) is 6.92 Å². The van der Waals surface area contributed by atoms with Crippen molar-refractivity contribution in [3.05, 3.63) is 64.7 Å². The molecule has 0 radical (unpaired) electrons. The van der Waals surface area contributed by atoms with E-state index in [9.17, 15) is 18.4 Å². The van der Waals surface area contributed by atoms with E-state index in [2.05, 4.69) is 15.2 Å². The number of nitrogens with one attached hydrogen (secondary N) is 1. The molecule has 1 N–H and O–H groups in total. The number of rotatable bonds is 6. The van der Waals surface area contributed by atoms with Gasteiger partial charge in [-0.3, -0.25) is 14.3 Å². The van der Waals surface area contributed by atoms with Gasteiger partial charge in [0.25, 0.3) is 11.5 Å². The molecule has 7 nitrogen and oxygen atoms in total. The topological polar surface area (TPSA) is 78.2 Å². The molecule has 0 aliphatic heterocycles. The van der Waals surface area contributed by atoms with Gasteiger partial charge in [0.1, 0.15) is 5.75 Å². The number of hydrogen-bond donors (Lipinski definition) is 1. The van der Waals surface area contributed by atoms with Crippen LogP contribution in [-0.2, 0) is 13.6 Å². The second-order valence-electron chi connectivity index (χ2n) is 6.14. The molecule has 29 heavy (non-hydrogen) atoms. The number of nitrogens with zero attached hydrogens (tertiary/aromatic N) is 3. The lowest BCUT2D eigenvalue weighted by Gasteiger charge is -2.11. The number of halogens is 3. The van der Waals surface area contributed by atoms with Crippen molar-refractivity contribution >= 4 is 23.2 Å². The molecule has 3 aromatic rings. The van der Waals surface area contributed by atoms with E-state index in [1.54, 1.807) is 16.9 Å². The number of amides is 1. The first-order chi connectivity index (χ1) is 13.7. The molecule has 0 fully saturated rings. The summed E-state index contributed by atoms with van der Waals surface area (Å²) < 4.78 is 32.5. The third-order valence-corrected chi connectivity index (χ3v) is 4.11. The molecule has 0 aliphatic carbocycles. The summed E-state index contributed by atoms with van der Waals surface area (Å²) in [7, 11) is 1.54. The Morgan fingerprint density at radius 1 is 1.28 bits per heavy atom. The van der Waals surface area contributed by atoms with Crippen molar-refractivity contribution in [2.75, 3.05) is 5.32 Å². The van der Waals surface area contributed by atoms with Crippen LogP contribution in [0, 0.1) is 0 Å². The highest BCUT2D eigenvalue weighted by atomic mass is 35.5. The number of hydrogen-bond acceptors (Lipinski definition) is 4. The van der Waals surface area contributed by atoms with Gasteiger partial charge < -0.3 is 14.6 Å². The molecule has 3 rings (SSSR count). The standard InChI is InChI=1S/C19H17ClF2N4O3/c1-3-26-9-8-16(24-26)15-10-12(11-25(2)18(15)28)17(27)23-13-4-6-14(7-5-13)29-19(20,21)22/h4-11H,3H2,1-2H3,(H,23,27). The summed E-state index contributed by atoms with van der Waals surface area (Å²) in [6.07, 6.45) is 3.15. The quantitative estimate of drug-likeness (QED) is 0.614. The SMILES string of the molecule is CCn1ccc(-c2cc(C(=O)Nc3ccc(OC(F)(F)Cl)cc3)cn(C)c2=O)n1. The summed E-state index contributed by atoms with van der Waals surface area (Å²) >= 11 is 4.72. The van der Waals surface area contributed by atoms with Crippen molar-refractivity contribution < 1.29 is 18.3 Å². The van der Waals surface area contributed by atoms with Crippen molar-refractivity contribution in [2.45, 2.75) is 19.0 Å². The van der Waals surface area contributed by atoms with Crippen LogP contribution in [0.1, 0.15) is 17.3 Å². The number of ether oxygens (including phenoxy) is 1. The minimum absolute atomic E-state index is 0.154. The average molecular weight is 423 g/mol. The first-order valence-electron chi connectivity index (χ1n) is 8.58. The Labute approximate surface area is 169 Å². The minimum Gasteiger partial charge on any atom is -0.420 e. The van der Waals surface area contributed by atoms with E-state index < -0.39 is 11.5 Å². The highest BCUT2D eigenvalue weighted by molar-refractivity contribution is 6.20. The fourth-order valence-electron chi connectivity index (χ4n) is 2.64. The Morgan fingerprint density at radius 2 is 1.97 bits per heavy atom. The second-order valence-corrected chi connectivity index (χ2v) is 6.58. The van der Waals surface area contributed by atoms with Gasteiger partial charge in [-0.05, 0) is 43.3 Å². The fourth-order valence-corrected chi connectivity index (χ4v) is 2.73. The summed E-state index contributed by atoms with van der Waals surface area (Å²) in [4.78, 5) is 25.1. The van der Waals surface area contributed by atoms with Crippen LogP contribution in [0.5, 0.6) is 5.75 Å². The van der Waals surface area contributed by atoms with E-state index in [0.717, 1.165) is 0 Å². The number of pyridine rings is 1. The van der Waals surface area contributed by atoms with Gasteiger partial charge in [-0.2, -0.15) is 5.10 Å². The van der Waals surface area contributed by atoms with Gasteiger partial charge in [-0.15, -0.1) is 8.78 Å². The molecule has 2 aromatic heterocycles. The zero-order valence-electron chi connectivity index (χ0n) is 15.5. The number of anilines is 1. The van der Waals surface area contributed by atoms with Crippen LogP contribution in [0.3, 0.4) is 0 Å². The molecule has 0 atom stereocenters. The fraction of sp³-hybridized carbons (Fsp3) is 0.211. The maximum atomic E-state index is 12.7. The predicted octanol–water partition coefficient (Wildman–Crippen LogP) is 3.69. The predicted molar refractivity (Wildman–Crippen MR) is 104 cm³/mol. The molecule has 0 aliphatic rings. The van der Waals surface area contributed by atoms with Crippen molar-refractivity contribution in [2.24, 2.45) is 7.05 Å². The van der Waals surface area contributed by atoms with Gasteiger partial charge in [-0.25, -0.2) is 0 Å². The lowest BCUT2D eigenvalue weighted by molar-refractivity contribution is -0.0964. The van der Waals surface area contributed by atoms with Crippen molar-refractivity contribution in [3.63, 3.8) is 0 Å². The molecule has 1 amide bonds. The van der Waals surface area contributed by atoms with Gasteiger partial charge >= 0.3 is 5.57 Å². The number of carbonyl (C=O) groups is 1. The maximum absolute atomic E-state index is 12.7. The molecule has 0 bridgehead atoms. The van der Waals surface area contributed by atoms with E-state index in [1.165, 1.54) is 48.1 Å². The summed E-state index contributed by atoms with van der Waals surface area (Å²) in [5.74, 6) is -0.632. The number of benzene rings is 1. The number of carbonyl (C=O) groups excluding carboxylic acids is 1. The van der Waals surface area contributed by atoms with E-state index in [-0.39, 0.29) is 16.9 Å². The zero-order valence-corrected chi connectivity index (χ0v) is 16.3. The maximum Gasteiger partial charge on any atom is 0.487 e. The summed E-state index contributed by atoms with van der Waals surface area (Å²) in [6, 6.07) is 8.44. The number of alkyl halides is 3. The lowest BCUT2D eigenvalue weighted by atomic mass is 10.1. The molecular formula is C19H17ClF2N4O3. The molecule has 0 spiro atoms. The summed E-state index contributed by atoms with van der Waals surface area (Å²) in [5, 5.41) is 6.94. The van der Waals surface area contributed by atoms with Crippen molar-refractivity contribution in [1.82, 2.24) is 14.3 Å². The third kappa shape index (κ3) is 5.00. The Morgan fingerprint density at radius 3 is 2.55 bits per heavy atom. The van der Waals surface area contributed by atoms with E-state index in [4.69, 9.17) is 11.6 Å². The lowest BCUT2D eigenvalue weighted by Crippen LogP contribution is -2.22. The Bertz CT molecular complexity index is 1090. The first-order valence-corrected chi connectivity index (χ1v) is 8.95. The Balaban J connectivity index is 1.83. The second kappa shape index (κ2) is 8.04. The average Bonchev–Trinajstić information content (AvgIpc) is 3.13. The molecule has 1 aromatic carbocycles. The van der Waals surface area contributed by atoms with Crippen LogP contribution in [-0.4, -0.2) is 25.8 Å². The van der Waals surface area contributed by atoms with Crippen molar-refractivity contribution in [1.29, 1.82) is 0 Å². The van der Waals surface area contributed by atoms with Crippen LogP contribution in [0.2, 0.25) is 0 Å². The minimum atomic E-state index is -3.82. The van der Waals surface area contributed by atoms with E-state index in [0.29, 0.717) is 23.5 Å². The highest BCUT2D eigenvalue weighted by Crippen LogP contribution is 2.26. The van der Waals surface area contributed by atoms with Crippen molar-refractivity contribution in [3.8, 4) is 17.0 Å². The van der Waals surface area contributed by atoms with Gasteiger partial charge in [0.15, 0.2) is 0 Å². The van der Waals surface area contributed by atoms with Gasteiger partial charge in [-0.1, -0.05) is 0 Å². The van der Waals surface area contributed by atoms with Gasteiger partial charge in [0.05, 0.1) is 16.8 Å². The largest absolute Gasteiger partial charge is 0.487 e. The molecule has 0 unspecified atom stereocenters. The van der Waals surface area contributed by atoms with Gasteiger partial charge in [0.2, 0.25) is 0 Å². The highest BCUT2D eigenvalue weighted by Gasteiger charge is 2.27. The monoisotopic (exact) mass is 422 g/mol. The zero-order chi connectivity index (χ0) is 21.2. The molecule has 0 saturated carbocycles. The molecule has 2 heterocycles. The van der Waals surface area contributed by atoms with Crippen LogP contribution in [0.4, 0.5) is 14.5 Å². The Hall–Kier alpha value is -3.20. The van der Waals surface area contributed by atoms with Gasteiger partial charge in [0, 0.05) is 43.3 Å². The van der Waals surface area contributed by atoms with E-state index >= 15 is 0 Å². The smallest absolute Gasteiger partial charge is 0.420 e. The first kappa shape index (κ1) is 20.5. The molecular weight excluding hydrogens is 406 g/mol.